The summed E-state index contributed by atoms with van der Waals surface area (Å²) in [6, 6.07) is 0. The Balaban J connectivity index is 5.27. The number of hydrogen-bond acceptors (Lipinski definition) is 15. The predicted octanol–water partition coefficient (Wildman–Crippen LogP) is 21.6. The van der Waals surface area contributed by atoms with Crippen molar-refractivity contribution in [3.05, 3.63) is 0 Å². The molecule has 0 aromatic rings. The first-order chi connectivity index (χ1) is 44.9. The third-order valence-corrected chi connectivity index (χ3v) is 19.5. The van der Waals surface area contributed by atoms with Crippen LogP contribution in [0.2, 0.25) is 0 Å². The minimum Gasteiger partial charge on any atom is -0.462 e. The molecule has 0 aromatic heterocycles. The Bertz CT molecular complexity index is 1810. The van der Waals surface area contributed by atoms with Crippen molar-refractivity contribution in [1.82, 2.24) is 0 Å². The summed E-state index contributed by atoms with van der Waals surface area (Å²) >= 11 is 0. The zero-order valence-corrected chi connectivity index (χ0v) is 62.3. The number of unbranched alkanes of at least 4 members (excludes halogenated alkanes) is 42. The fraction of sp³-hybridized carbons (Fsp3) is 0.946. The minimum atomic E-state index is -4.95. The molecular weight excluding hydrogens is 1220 g/mol. The predicted molar refractivity (Wildman–Crippen MR) is 377 cm³/mol. The lowest BCUT2D eigenvalue weighted by Crippen LogP contribution is -2.30. The van der Waals surface area contributed by atoms with Crippen molar-refractivity contribution >= 4 is 39.5 Å². The van der Waals surface area contributed by atoms with E-state index in [0.29, 0.717) is 25.7 Å². The van der Waals surface area contributed by atoms with Crippen LogP contribution in [0.25, 0.3) is 0 Å². The molecule has 19 heteroatoms. The maximum Gasteiger partial charge on any atom is 0.472 e. The highest BCUT2D eigenvalue weighted by molar-refractivity contribution is 7.47. The number of rotatable bonds is 73. The quantitative estimate of drug-likeness (QED) is 0.0222. The van der Waals surface area contributed by atoms with E-state index in [9.17, 15) is 43.2 Å². The second-order valence-corrected chi connectivity index (χ2v) is 30.3. The average Bonchev–Trinajstić information content (AvgIpc) is 2.16. The van der Waals surface area contributed by atoms with E-state index < -0.39 is 97.5 Å². The van der Waals surface area contributed by atoms with Gasteiger partial charge in [0.2, 0.25) is 0 Å². The first-order valence-electron chi connectivity index (χ1n) is 38.5. The van der Waals surface area contributed by atoms with Gasteiger partial charge in [0.05, 0.1) is 26.4 Å². The van der Waals surface area contributed by atoms with Gasteiger partial charge in [0.15, 0.2) is 12.2 Å². The molecule has 0 fully saturated rings. The molecule has 0 aliphatic heterocycles. The van der Waals surface area contributed by atoms with E-state index in [0.717, 1.165) is 102 Å². The summed E-state index contributed by atoms with van der Waals surface area (Å²) in [6.45, 7) is 9.60. The molecule has 3 N–H and O–H groups in total. The number of esters is 4. The fourth-order valence-electron chi connectivity index (χ4n) is 11.3. The zero-order chi connectivity index (χ0) is 68.6. The van der Waals surface area contributed by atoms with Crippen LogP contribution in [0.5, 0.6) is 0 Å². The molecule has 93 heavy (non-hydrogen) atoms. The summed E-state index contributed by atoms with van der Waals surface area (Å²) in [6.07, 6.45) is 52.5. The Morgan fingerprint density at radius 2 is 0.548 bits per heavy atom. The third-order valence-electron chi connectivity index (χ3n) is 17.6. The van der Waals surface area contributed by atoms with Crippen LogP contribution in [0.1, 0.15) is 382 Å². The van der Waals surface area contributed by atoms with Crippen molar-refractivity contribution in [3.8, 4) is 0 Å². The van der Waals surface area contributed by atoms with Gasteiger partial charge in [-0.3, -0.25) is 37.3 Å². The Hall–Kier alpha value is -1.94. The highest BCUT2D eigenvalue weighted by atomic mass is 31.2. The highest BCUT2D eigenvalue weighted by Gasteiger charge is 2.30. The van der Waals surface area contributed by atoms with Crippen LogP contribution >= 0.6 is 15.6 Å². The number of carbonyl (C=O) groups excluding carboxylic acids is 4. The molecule has 0 aliphatic rings. The van der Waals surface area contributed by atoms with Crippen LogP contribution in [0, 0.1) is 11.8 Å². The second-order valence-electron chi connectivity index (χ2n) is 27.4. The van der Waals surface area contributed by atoms with E-state index in [1.807, 2.05) is 0 Å². The summed E-state index contributed by atoms with van der Waals surface area (Å²) in [7, 11) is -9.91. The topological polar surface area (TPSA) is 237 Å². The maximum absolute atomic E-state index is 13.1. The molecule has 3 unspecified atom stereocenters. The molecule has 0 spiro atoms. The summed E-state index contributed by atoms with van der Waals surface area (Å²) in [4.78, 5) is 72.8. The normalized spacial score (nSPS) is 14.3. The van der Waals surface area contributed by atoms with Crippen LogP contribution in [-0.4, -0.2) is 96.7 Å². The lowest BCUT2D eigenvalue weighted by molar-refractivity contribution is -0.161. The largest absolute Gasteiger partial charge is 0.472 e. The molecule has 0 saturated heterocycles. The van der Waals surface area contributed by atoms with Crippen LogP contribution < -0.4 is 0 Å². The number of hydrogen-bond donors (Lipinski definition) is 3. The van der Waals surface area contributed by atoms with Crippen molar-refractivity contribution < 1.29 is 80.2 Å². The SMILES string of the molecule is CCCCCCCCCCCCCCCC(=O)OC[C@H](COP(=O)(O)OC[C@@H](O)COP(=O)(O)OC[C@@H](COC(=O)CCCCCCCCCCC(C)CC)OC(=O)CCCCCCCCCCCCCCC)OC(=O)CCCCCCCCCCCCCCC(C)C. The van der Waals surface area contributed by atoms with E-state index in [2.05, 4.69) is 41.5 Å². The lowest BCUT2D eigenvalue weighted by atomic mass is 9.99. The smallest absolute Gasteiger partial charge is 0.462 e. The van der Waals surface area contributed by atoms with Crippen molar-refractivity contribution in [3.63, 3.8) is 0 Å². The monoisotopic (exact) mass is 1370 g/mol. The molecule has 0 bridgehead atoms. The average molecular weight is 1370 g/mol. The summed E-state index contributed by atoms with van der Waals surface area (Å²) in [5, 5.41) is 10.6. The number of phosphoric ester groups is 2. The molecule has 0 heterocycles. The van der Waals surface area contributed by atoms with Gasteiger partial charge in [-0.05, 0) is 37.5 Å². The van der Waals surface area contributed by atoms with Crippen LogP contribution in [0.3, 0.4) is 0 Å². The standard InChI is InChI=1S/C74H144O17P2/c1-7-10-12-14-16-18-20-22-27-31-38-44-50-56-71(76)84-62-69(90-74(79)59-53-47-41-33-29-25-24-26-30-36-42-48-54-66(4)5)64-88-92(80,81)86-60-68(75)61-87-93(82,83)89-65-70(63-85-72(77)57-51-45-39-35-34-37-43-49-55-67(6)9-3)91-73(78)58-52-46-40-32-28-23-21-19-17-15-13-11-8-2/h66-70,75H,7-65H2,1-6H3,(H,80,81)(H,82,83)/t67?,68-,69-,70-/m1/s1. The van der Waals surface area contributed by atoms with Gasteiger partial charge in [-0.25, -0.2) is 9.13 Å². The van der Waals surface area contributed by atoms with Gasteiger partial charge >= 0.3 is 39.5 Å². The molecular formula is C74H144O17P2. The molecule has 6 atom stereocenters. The summed E-state index contributed by atoms with van der Waals surface area (Å²) in [5.74, 6) is -0.561. The highest BCUT2D eigenvalue weighted by Crippen LogP contribution is 2.45. The van der Waals surface area contributed by atoms with Gasteiger partial charge in [0, 0.05) is 25.7 Å². The van der Waals surface area contributed by atoms with Crippen molar-refractivity contribution in [2.75, 3.05) is 39.6 Å². The van der Waals surface area contributed by atoms with Gasteiger partial charge in [0.25, 0.3) is 0 Å². The zero-order valence-electron chi connectivity index (χ0n) is 60.6. The van der Waals surface area contributed by atoms with Crippen molar-refractivity contribution in [1.29, 1.82) is 0 Å². The molecule has 0 aromatic carbocycles. The molecule has 17 nitrogen and oxygen atoms in total. The van der Waals surface area contributed by atoms with E-state index in [4.69, 9.17) is 37.0 Å². The van der Waals surface area contributed by atoms with Gasteiger partial charge in [-0.2, -0.15) is 0 Å². The summed E-state index contributed by atoms with van der Waals surface area (Å²) < 4.78 is 68.5. The first-order valence-corrected chi connectivity index (χ1v) is 41.5. The van der Waals surface area contributed by atoms with E-state index in [1.165, 1.54) is 199 Å². The van der Waals surface area contributed by atoms with Crippen LogP contribution in [0.15, 0.2) is 0 Å². The number of ether oxygens (including phenoxy) is 4. The molecule has 0 aliphatic carbocycles. The Kier molecular flexibility index (Phi) is 64.6. The molecule has 552 valence electrons. The first kappa shape index (κ1) is 91.1. The molecule has 0 rings (SSSR count). The van der Waals surface area contributed by atoms with E-state index in [-0.39, 0.29) is 25.7 Å². The van der Waals surface area contributed by atoms with E-state index >= 15 is 0 Å². The molecule has 0 radical (unpaired) electrons. The Morgan fingerprint density at radius 1 is 0.312 bits per heavy atom. The fourth-order valence-corrected chi connectivity index (χ4v) is 12.8. The minimum absolute atomic E-state index is 0.107. The molecule has 0 amide bonds. The number of phosphoric acid groups is 2. The molecule has 0 saturated carbocycles. The van der Waals surface area contributed by atoms with Gasteiger partial charge < -0.3 is 33.8 Å². The van der Waals surface area contributed by atoms with Gasteiger partial charge in [0.1, 0.15) is 19.3 Å². The maximum atomic E-state index is 13.1. The number of aliphatic hydroxyl groups is 1. The van der Waals surface area contributed by atoms with E-state index in [1.54, 1.807) is 0 Å². The lowest BCUT2D eigenvalue weighted by Gasteiger charge is -2.21. The number of carbonyl (C=O) groups is 4. The van der Waals surface area contributed by atoms with Crippen LogP contribution in [-0.2, 0) is 65.4 Å². The Labute approximate surface area is 568 Å². The van der Waals surface area contributed by atoms with Gasteiger partial charge in [-0.1, -0.05) is 330 Å². The third kappa shape index (κ3) is 67.0. The Morgan fingerprint density at radius 3 is 0.817 bits per heavy atom. The van der Waals surface area contributed by atoms with Gasteiger partial charge in [-0.15, -0.1) is 0 Å². The van der Waals surface area contributed by atoms with Crippen LogP contribution in [0.4, 0.5) is 0 Å². The van der Waals surface area contributed by atoms with Crippen molar-refractivity contribution in [2.24, 2.45) is 11.8 Å². The summed E-state index contributed by atoms with van der Waals surface area (Å²) in [5.41, 5.74) is 0. The second kappa shape index (κ2) is 66.0. The van der Waals surface area contributed by atoms with Crippen molar-refractivity contribution in [2.45, 2.75) is 400 Å². The number of aliphatic hydroxyl groups excluding tert-OH is 1.